The van der Waals surface area contributed by atoms with Gasteiger partial charge in [-0.1, -0.05) is 194 Å². The number of unbranched alkanes of at least 4 members (excludes halogenated alkanes) is 28. The summed E-state index contributed by atoms with van der Waals surface area (Å²) in [5, 5.41) is 22.4. The summed E-state index contributed by atoms with van der Waals surface area (Å²) < 4.78 is 17.4. The van der Waals surface area contributed by atoms with Crippen molar-refractivity contribution in [3.63, 3.8) is 0 Å². The molecule has 0 unspecified atom stereocenters. The smallest absolute Gasteiger partial charge is 0.160 e. The molecule has 1 saturated heterocycles. The molecule has 0 spiro atoms. The van der Waals surface area contributed by atoms with E-state index in [1.807, 2.05) is 0 Å². The first-order valence-electron chi connectivity index (χ1n) is 21.3. The molecule has 0 aromatic heterocycles. The Kier molecular flexibility index (Phi) is 33.1. The van der Waals surface area contributed by atoms with Crippen LogP contribution in [0, 0.1) is 0 Å². The summed E-state index contributed by atoms with van der Waals surface area (Å²) in [6.45, 7) is 4.81. The minimum Gasteiger partial charge on any atom is -0.484 e. The third kappa shape index (κ3) is 27.9. The second-order valence-electron chi connectivity index (χ2n) is 15.0. The first-order chi connectivity index (χ1) is 24.0. The third-order valence-electron chi connectivity index (χ3n) is 10.2. The van der Waals surface area contributed by atoms with Crippen molar-refractivity contribution in [3.05, 3.63) is 0 Å². The molecule has 0 aliphatic carbocycles. The van der Waals surface area contributed by atoms with Gasteiger partial charge in [-0.05, 0) is 37.3 Å². The fourth-order valence-electron chi connectivity index (χ4n) is 6.89. The molecule has 7 heteroatoms. The van der Waals surface area contributed by atoms with Crippen LogP contribution in [0.3, 0.4) is 0 Å². The molecule has 0 aromatic rings. The second kappa shape index (κ2) is 34.7. The summed E-state index contributed by atoms with van der Waals surface area (Å²) in [5.74, 6) is 0. The van der Waals surface area contributed by atoms with Gasteiger partial charge in [0.2, 0.25) is 0 Å². The lowest BCUT2D eigenvalue weighted by Crippen LogP contribution is -2.56. The number of aliphatic hydroxyl groups is 2. The van der Waals surface area contributed by atoms with E-state index in [0.717, 1.165) is 25.7 Å². The maximum atomic E-state index is 10.9. The molecule has 1 aliphatic rings. The van der Waals surface area contributed by atoms with Crippen molar-refractivity contribution in [2.45, 2.75) is 244 Å². The van der Waals surface area contributed by atoms with Crippen LogP contribution >= 0.6 is 24.4 Å². The fraction of sp³-hybridized carbons (Fsp3) is 0.952. The van der Waals surface area contributed by atoms with Gasteiger partial charge in [0.05, 0.1) is 6.61 Å². The molecule has 0 amide bonds. The topological polar surface area (TPSA) is 68.2 Å². The van der Waals surface area contributed by atoms with Crippen molar-refractivity contribution in [1.29, 1.82) is 0 Å². The van der Waals surface area contributed by atoms with E-state index in [1.54, 1.807) is 0 Å². The molecule has 290 valence electrons. The maximum absolute atomic E-state index is 10.9. The first-order valence-corrected chi connectivity index (χ1v) is 22.1. The molecule has 1 rings (SSSR count). The largest absolute Gasteiger partial charge is 0.484 e. The van der Waals surface area contributed by atoms with E-state index in [0.29, 0.717) is 16.5 Å². The zero-order valence-corrected chi connectivity index (χ0v) is 33.9. The number of thiocarbonyl (C=S) groups is 2. The van der Waals surface area contributed by atoms with Crippen LogP contribution in [0.15, 0.2) is 0 Å². The highest BCUT2D eigenvalue weighted by atomic mass is 32.1. The third-order valence-corrected chi connectivity index (χ3v) is 10.8. The van der Waals surface area contributed by atoms with Gasteiger partial charge in [0, 0.05) is 12.8 Å². The molecular formula is C42H80O5S2. The van der Waals surface area contributed by atoms with Crippen LogP contribution < -0.4 is 0 Å². The Labute approximate surface area is 314 Å². The molecule has 0 aromatic carbocycles. The number of hydrogen-bond donors (Lipinski definition) is 2. The maximum Gasteiger partial charge on any atom is 0.160 e. The van der Waals surface area contributed by atoms with Crippen LogP contribution in [0.2, 0.25) is 0 Å². The first kappa shape index (κ1) is 46.7. The van der Waals surface area contributed by atoms with Gasteiger partial charge in [-0.2, -0.15) is 0 Å². The van der Waals surface area contributed by atoms with E-state index >= 15 is 0 Å². The summed E-state index contributed by atoms with van der Waals surface area (Å²) in [7, 11) is 0. The Balaban J connectivity index is 2.01. The summed E-state index contributed by atoms with van der Waals surface area (Å²) in [4.78, 5) is 0. The average molecular weight is 729 g/mol. The average Bonchev–Trinajstić information content (AvgIpc) is 3.09. The Morgan fingerprint density at radius 1 is 0.510 bits per heavy atom. The molecule has 1 aliphatic heterocycles. The Morgan fingerprint density at radius 3 is 1.20 bits per heavy atom. The lowest BCUT2D eigenvalue weighted by molar-refractivity contribution is -0.189. The van der Waals surface area contributed by atoms with Crippen molar-refractivity contribution in [1.82, 2.24) is 0 Å². The van der Waals surface area contributed by atoms with Crippen LogP contribution in [0.5, 0.6) is 0 Å². The summed E-state index contributed by atoms with van der Waals surface area (Å²) in [6.07, 6.45) is 38.0. The van der Waals surface area contributed by atoms with Crippen LogP contribution in [0.4, 0.5) is 0 Å². The van der Waals surface area contributed by atoms with Crippen LogP contribution in [0.25, 0.3) is 0 Å². The fourth-order valence-corrected chi connectivity index (χ4v) is 7.36. The van der Waals surface area contributed by atoms with Crippen LogP contribution in [-0.2, 0) is 14.2 Å². The van der Waals surface area contributed by atoms with Gasteiger partial charge in [-0.15, -0.1) is 0 Å². The SMILES string of the molecule is CCCCCCCCCCCCCCCCCC(=S)OC[C@H]1OC[C@H](O)[C@@H](OC(=S)CCCCCCCCCCCCCCCCC)[C@@H]1O. The normalized spacial score (nSPS) is 19.3. The monoisotopic (exact) mass is 729 g/mol. The molecule has 0 saturated carbocycles. The Hall–Kier alpha value is -0.340. The van der Waals surface area contributed by atoms with Gasteiger partial charge in [0.25, 0.3) is 0 Å². The van der Waals surface area contributed by atoms with E-state index in [4.69, 9.17) is 38.6 Å². The number of ether oxygens (including phenoxy) is 3. The highest BCUT2D eigenvalue weighted by Crippen LogP contribution is 2.22. The summed E-state index contributed by atoms with van der Waals surface area (Å²) >= 11 is 10.9. The summed E-state index contributed by atoms with van der Waals surface area (Å²) in [5.41, 5.74) is 0. The standard InChI is InChI=1S/C42H80O5S2/c1-3-5-7-9-11-13-15-17-19-21-23-25-27-29-31-33-39(48)46-36-38-41(44)42(37(43)35-45-38)47-40(49)34-32-30-28-26-24-22-20-18-16-14-12-10-8-6-4-2/h37-38,41-44H,3-36H2,1-2H3/t37-,38+,41+,42+/m0/s1. The van der Waals surface area contributed by atoms with Gasteiger partial charge in [0.1, 0.15) is 24.9 Å². The molecule has 4 atom stereocenters. The van der Waals surface area contributed by atoms with E-state index in [9.17, 15) is 10.2 Å². The highest BCUT2D eigenvalue weighted by molar-refractivity contribution is 7.80. The predicted molar refractivity (Wildman–Crippen MR) is 217 cm³/mol. The van der Waals surface area contributed by atoms with E-state index in [1.165, 1.54) is 173 Å². The Morgan fingerprint density at radius 2 is 0.837 bits per heavy atom. The molecule has 1 heterocycles. The van der Waals surface area contributed by atoms with Gasteiger partial charge in [-0.3, -0.25) is 0 Å². The molecular weight excluding hydrogens is 649 g/mol. The Bertz CT molecular complexity index is 751. The lowest BCUT2D eigenvalue weighted by Gasteiger charge is -2.37. The van der Waals surface area contributed by atoms with Crippen molar-refractivity contribution >= 4 is 34.5 Å². The van der Waals surface area contributed by atoms with Gasteiger partial charge in [-0.25, -0.2) is 0 Å². The zero-order valence-electron chi connectivity index (χ0n) is 32.3. The highest BCUT2D eigenvalue weighted by Gasteiger charge is 2.41. The summed E-state index contributed by atoms with van der Waals surface area (Å²) in [6, 6.07) is 0. The molecule has 1 fully saturated rings. The molecule has 49 heavy (non-hydrogen) atoms. The van der Waals surface area contributed by atoms with Gasteiger partial charge in [0.15, 0.2) is 16.2 Å². The molecule has 2 N–H and O–H groups in total. The predicted octanol–water partition coefficient (Wildman–Crippen LogP) is 12.7. The van der Waals surface area contributed by atoms with Crippen molar-refractivity contribution in [3.8, 4) is 0 Å². The van der Waals surface area contributed by atoms with Crippen molar-refractivity contribution in [2.75, 3.05) is 13.2 Å². The zero-order chi connectivity index (χ0) is 35.6. The van der Waals surface area contributed by atoms with Crippen molar-refractivity contribution in [2.24, 2.45) is 0 Å². The number of aliphatic hydroxyl groups excluding tert-OH is 2. The lowest BCUT2D eigenvalue weighted by atomic mass is 10.00. The van der Waals surface area contributed by atoms with Crippen molar-refractivity contribution < 1.29 is 24.4 Å². The second-order valence-corrected chi connectivity index (χ2v) is 15.9. The quantitative estimate of drug-likeness (QED) is 0.0497. The minimum atomic E-state index is -1.02. The van der Waals surface area contributed by atoms with Gasteiger partial charge >= 0.3 is 0 Å². The number of rotatable bonds is 35. The van der Waals surface area contributed by atoms with E-state index in [2.05, 4.69) is 13.8 Å². The number of hydrogen-bond acceptors (Lipinski definition) is 7. The van der Waals surface area contributed by atoms with E-state index in [-0.39, 0.29) is 13.2 Å². The van der Waals surface area contributed by atoms with Crippen LogP contribution in [-0.4, -0.2) is 57.9 Å². The molecule has 5 nitrogen and oxygen atoms in total. The molecule has 0 bridgehead atoms. The van der Waals surface area contributed by atoms with Crippen LogP contribution in [0.1, 0.15) is 219 Å². The van der Waals surface area contributed by atoms with Gasteiger partial charge < -0.3 is 24.4 Å². The van der Waals surface area contributed by atoms with E-state index < -0.39 is 24.4 Å². The minimum absolute atomic E-state index is 0.0864. The molecule has 0 radical (unpaired) electrons.